The molecule has 0 spiro atoms. The summed E-state index contributed by atoms with van der Waals surface area (Å²) in [4.78, 5) is 32.0. The molecule has 186 valence electrons. The van der Waals surface area contributed by atoms with Crippen LogP contribution in [0.25, 0.3) is 5.76 Å². The van der Waals surface area contributed by atoms with E-state index in [4.69, 9.17) is 9.15 Å². The summed E-state index contributed by atoms with van der Waals surface area (Å²) in [6.45, 7) is 4.15. The van der Waals surface area contributed by atoms with E-state index in [2.05, 4.69) is 4.98 Å². The second kappa shape index (κ2) is 10.1. The highest BCUT2D eigenvalue weighted by Crippen LogP contribution is 2.41. The SMILES string of the molecule is Cc1ccc(C2/C(=C(/O)c3ccc(OCc4ccccc4)c(C)c3)C(=O)C(=O)N2Cc2ccccn2)o1. The van der Waals surface area contributed by atoms with Crippen LogP contribution in [-0.4, -0.2) is 26.7 Å². The third-order valence-corrected chi connectivity index (χ3v) is 6.31. The minimum absolute atomic E-state index is 0.0207. The molecular formula is C30H26N2O5. The molecule has 1 aliphatic rings. The number of amides is 1. The number of pyridine rings is 1. The Hall–Kier alpha value is -4.65. The lowest BCUT2D eigenvalue weighted by molar-refractivity contribution is -0.140. The monoisotopic (exact) mass is 494 g/mol. The molecule has 0 aliphatic carbocycles. The van der Waals surface area contributed by atoms with Gasteiger partial charge in [0.1, 0.15) is 35.7 Å². The van der Waals surface area contributed by atoms with Gasteiger partial charge in [-0.05, 0) is 67.4 Å². The lowest BCUT2D eigenvalue weighted by Gasteiger charge is -2.23. The quantitative estimate of drug-likeness (QED) is 0.207. The Kier molecular flexibility index (Phi) is 6.60. The van der Waals surface area contributed by atoms with Crippen LogP contribution in [0.15, 0.2) is 95.0 Å². The number of hydrogen-bond donors (Lipinski definition) is 1. The van der Waals surface area contributed by atoms with Crippen LogP contribution >= 0.6 is 0 Å². The van der Waals surface area contributed by atoms with Gasteiger partial charge in [0.15, 0.2) is 0 Å². The molecule has 5 rings (SSSR count). The summed E-state index contributed by atoms with van der Waals surface area (Å²) in [6.07, 6.45) is 1.63. The minimum atomic E-state index is -0.884. The van der Waals surface area contributed by atoms with Gasteiger partial charge in [-0.2, -0.15) is 0 Å². The van der Waals surface area contributed by atoms with Crippen molar-refractivity contribution in [1.29, 1.82) is 0 Å². The maximum absolute atomic E-state index is 13.2. The van der Waals surface area contributed by atoms with Gasteiger partial charge in [0, 0.05) is 11.8 Å². The van der Waals surface area contributed by atoms with Gasteiger partial charge in [-0.1, -0.05) is 36.4 Å². The predicted octanol–water partition coefficient (Wildman–Crippen LogP) is 5.49. The molecule has 37 heavy (non-hydrogen) atoms. The Bertz CT molecular complexity index is 1470. The molecule has 0 saturated carbocycles. The zero-order chi connectivity index (χ0) is 25.9. The summed E-state index contributed by atoms with van der Waals surface area (Å²) < 4.78 is 11.8. The summed E-state index contributed by atoms with van der Waals surface area (Å²) in [5.74, 6) is -0.0592. The van der Waals surface area contributed by atoms with Crippen LogP contribution in [0.2, 0.25) is 0 Å². The number of nitrogens with zero attached hydrogens (tertiary/aromatic N) is 2. The van der Waals surface area contributed by atoms with Crippen molar-refractivity contribution in [3.63, 3.8) is 0 Å². The molecule has 2 aromatic heterocycles. The van der Waals surface area contributed by atoms with Crippen molar-refractivity contribution in [2.45, 2.75) is 33.0 Å². The van der Waals surface area contributed by atoms with Crippen molar-refractivity contribution in [3.8, 4) is 5.75 Å². The first-order valence-corrected chi connectivity index (χ1v) is 11.9. The standard InChI is InChI=1S/C30H26N2O5/c1-19-16-22(12-14-24(19)36-18-21-8-4-3-5-9-21)28(33)26-27(25-13-11-20(2)37-25)32(30(35)29(26)34)17-23-10-6-7-15-31-23/h3-16,27,33H,17-18H2,1-2H3/b28-26-. The largest absolute Gasteiger partial charge is 0.507 e. The first kappa shape index (κ1) is 24.1. The van der Waals surface area contributed by atoms with Crippen LogP contribution in [0.3, 0.4) is 0 Å². The second-order valence-electron chi connectivity index (χ2n) is 8.95. The number of rotatable bonds is 7. The number of aromatic nitrogens is 1. The Morgan fingerprint density at radius 2 is 1.78 bits per heavy atom. The van der Waals surface area contributed by atoms with Gasteiger partial charge in [0.2, 0.25) is 0 Å². The average molecular weight is 495 g/mol. The zero-order valence-electron chi connectivity index (χ0n) is 20.5. The highest BCUT2D eigenvalue weighted by Gasteiger charge is 2.47. The Balaban J connectivity index is 1.50. The van der Waals surface area contributed by atoms with E-state index in [1.54, 1.807) is 55.6 Å². The van der Waals surface area contributed by atoms with Gasteiger partial charge in [0.05, 0.1) is 17.8 Å². The molecule has 3 heterocycles. The lowest BCUT2D eigenvalue weighted by Crippen LogP contribution is -2.29. The number of hydrogen-bond acceptors (Lipinski definition) is 6. The number of benzene rings is 2. The summed E-state index contributed by atoms with van der Waals surface area (Å²) >= 11 is 0. The van der Waals surface area contributed by atoms with E-state index in [0.29, 0.717) is 35.1 Å². The summed E-state index contributed by atoms with van der Waals surface area (Å²) in [7, 11) is 0. The fourth-order valence-electron chi connectivity index (χ4n) is 4.45. The molecule has 0 bridgehead atoms. The molecule has 1 atom stereocenters. The molecule has 1 amide bonds. The third-order valence-electron chi connectivity index (χ3n) is 6.31. The van der Waals surface area contributed by atoms with Crippen molar-refractivity contribution in [1.82, 2.24) is 9.88 Å². The van der Waals surface area contributed by atoms with Crippen LogP contribution in [0.1, 0.15) is 39.9 Å². The molecule has 4 aromatic rings. The smallest absolute Gasteiger partial charge is 0.296 e. The number of Topliss-reactive ketones (excluding diaryl/α,β-unsaturated/α-hetero) is 1. The first-order chi connectivity index (χ1) is 17.9. The average Bonchev–Trinajstić information content (AvgIpc) is 3.45. The summed E-state index contributed by atoms with van der Waals surface area (Å²) in [5, 5.41) is 11.3. The molecule has 1 fully saturated rings. The van der Waals surface area contributed by atoms with Crippen molar-refractivity contribution in [2.24, 2.45) is 0 Å². The maximum atomic E-state index is 13.2. The van der Waals surface area contributed by atoms with Gasteiger partial charge >= 0.3 is 0 Å². The van der Waals surface area contributed by atoms with E-state index in [-0.39, 0.29) is 17.9 Å². The van der Waals surface area contributed by atoms with Crippen molar-refractivity contribution < 1.29 is 23.8 Å². The number of ketones is 1. The number of ether oxygens (including phenoxy) is 1. The molecule has 2 aromatic carbocycles. The van der Waals surface area contributed by atoms with E-state index in [9.17, 15) is 14.7 Å². The Morgan fingerprint density at radius 3 is 2.46 bits per heavy atom. The second-order valence-corrected chi connectivity index (χ2v) is 8.95. The van der Waals surface area contributed by atoms with Gasteiger partial charge in [-0.3, -0.25) is 14.6 Å². The summed E-state index contributed by atoms with van der Waals surface area (Å²) in [6, 6.07) is 23.0. The van der Waals surface area contributed by atoms with Crippen LogP contribution in [0, 0.1) is 13.8 Å². The number of aliphatic hydroxyl groups is 1. The van der Waals surface area contributed by atoms with Crippen molar-refractivity contribution in [3.05, 3.63) is 125 Å². The molecule has 7 nitrogen and oxygen atoms in total. The van der Waals surface area contributed by atoms with Crippen LogP contribution in [0.5, 0.6) is 5.75 Å². The molecule has 1 aliphatic heterocycles. The normalized spacial score (nSPS) is 16.8. The number of carbonyl (C=O) groups excluding carboxylic acids is 2. The van der Waals surface area contributed by atoms with Gasteiger partial charge < -0.3 is 19.2 Å². The van der Waals surface area contributed by atoms with E-state index in [1.165, 1.54) is 4.90 Å². The molecule has 1 unspecified atom stereocenters. The Morgan fingerprint density at radius 1 is 1.00 bits per heavy atom. The Labute approximate surface area is 214 Å². The third kappa shape index (κ3) is 4.89. The molecule has 0 radical (unpaired) electrons. The van der Waals surface area contributed by atoms with Crippen LogP contribution < -0.4 is 4.74 Å². The lowest BCUT2D eigenvalue weighted by atomic mass is 9.98. The highest BCUT2D eigenvalue weighted by molar-refractivity contribution is 6.46. The highest BCUT2D eigenvalue weighted by atomic mass is 16.5. The molecule has 1 N–H and O–H groups in total. The zero-order valence-corrected chi connectivity index (χ0v) is 20.5. The minimum Gasteiger partial charge on any atom is -0.507 e. The van der Waals surface area contributed by atoms with E-state index >= 15 is 0 Å². The van der Waals surface area contributed by atoms with Crippen molar-refractivity contribution >= 4 is 17.4 Å². The van der Waals surface area contributed by atoms with Gasteiger partial charge in [-0.15, -0.1) is 0 Å². The fourth-order valence-corrected chi connectivity index (χ4v) is 4.45. The van der Waals surface area contributed by atoms with Gasteiger partial charge in [0.25, 0.3) is 11.7 Å². The number of carbonyl (C=O) groups is 2. The van der Waals surface area contributed by atoms with Crippen LogP contribution in [0.4, 0.5) is 0 Å². The number of furan rings is 1. The topological polar surface area (TPSA) is 92.9 Å². The van der Waals surface area contributed by atoms with E-state index in [0.717, 1.165) is 11.1 Å². The maximum Gasteiger partial charge on any atom is 0.296 e. The number of aryl methyl sites for hydroxylation is 2. The van der Waals surface area contributed by atoms with E-state index < -0.39 is 17.7 Å². The summed E-state index contributed by atoms with van der Waals surface area (Å²) in [5.41, 5.74) is 2.83. The molecule has 1 saturated heterocycles. The van der Waals surface area contributed by atoms with Gasteiger partial charge in [-0.25, -0.2) is 0 Å². The molecule has 7 heteroatoms. The number of likely N-dealkylation sites (tertiary alicyclic amines) is 1. The molecular weight excluding hydrogens is 468 g/mol. The predicted molar refractivity (Wildman–Crippen MR) is 137 cm³/mol. The van der Waals surface area contributed by atoms with Crippen LogP contribution in [-0.2, 0) is 22.7 Å². The fraction of sp³-hybridized carbons (Fsp3) is 0.167. The first-order valence-electron chi connectivity index (χ1n) is 11.9. The van der Waals surface area contributed by atoms with E-state index in [1.807, 2.05) is 43.3 Å². The van der Waals surface area contributed by atoms with Crippen molar-refractivity contribution in [2.75, 3.05) is 0 Å². The number of aliphatic hydroxyl groups excluding tert-OH is 1.